The summed E-state index contributed by atoms with van der Waals surface area (Å²) in [5, 5.41) is 1.11. The van der Waals surface area contributed by atoms with E-state index in [2.05, 4.69) is 32.2 Å². The molecule has 2 nitrogen and oxygen atoms in total. The maximum absolute atomic E-state index is 4.24. The van der Waals surface area contributed by atoms with E-state index < -0.39 is 0 Å². The summed E-state index contributed by atoms with van der Waals surface area (Å²) >= 11 is 0. The van der Waals surface area contributed by atoms with Crippen LogP contribution in [0.5, 0.6) is 0 Å². The minimum atomic E-state index is 0.961. The molecule has 1 atom stereocenters. The van der Waals surface area contributed by atoms with Crippen LogP contribution in [0.3, 0.4) is 0 Å². The second kappa shape index (κ2) is 2.80. The Morgan fingerprint density at radius 1 is 1.17 bits per heavy atom. The molecule has 0 aliphatic carbocycles. The first-order valence-electron chi connectivity index (χ1n) is 3.74. The Morgan fingerprint density at radius 3 is 2.75 bits per heavy atom. The number of benzene rings is 1. The quantitative estimate of drug-likeness (QED) is 0.567. The summed E-state index contributed by atoms with van der Waals surface area (Å²) < 4.78 is 0. The third-order valence-electron chi connectivity index (χ3n) is 1.75. The molecule has 0 amide bonds. The number of hydrogen-bond donors (Lipinski definition) is 0. The molecule has 0 saturated carbocycles. The maximum Gasteiger partial charge on any atom is 0.0958 e. The van der Waals surface area contributed by atoms with E-state index in [1.807, 2.05) is 6.07 Å². The summed E-state index contributed by atoms with van der Waals surface area (Å²) in [5.41, 5.74) is 3.14. The van der Waals surface area contributed by atoms with Crippen molar-refractivity contribution in [2.75, 3.05) is 0 Å². The van der Waals surface area contributed by atoms with Gasteiger partial charge in [-0.1, -0.05) is 0 Å². The first-order valence-corrected chi connectivity index (χ1v) is 4.32. The molecule has 0 aliphatic rings. The van der Waals surface area contributed by atoms with Crippen molar-refractivity contribution in [3.05, 3.63) is 30.1 Å². The van der Waals surface area contributed by atoms with Gasteiger partial charge in [0, 0.05) is 12.4 Å². The molecule has 12 heavy (non-hydrogen) atoms. The van der Waals surface area contributed by atoms with E-state index in [1.54, 1.807) is 12.4 Å². The maximum atomic E-state index is 4.24. The molecule has 1 heterocycles. The lowest BCUT2D eigenvalue weighted by molar-refractivity contribution is 1.29. The van der Waals surface area contributed by atoms with Crippen LogP contribution >= 0.6 is 9.24 Å². The third kappa shape index (κ3) is 1.19. The molecule has 0 fully saturated rings. The number of fused-ring (bicyclic) bond motifs is 1. The van der Waals surface area contributed by atoms with Crippen LogP contribution in [-0.2, 0) is 0 Å². The van der Waals surface area contributed by atoms with E-state index in [0.717, 1.165) is 16.3 Å². The molecule has 1 unspecified atom stereocenters. The van der Waals surface area contributed by atoms with Crippen molar-refractivity contribution >= 4 is 25.6 Å². The molecule has 0 spiro atoms. The summed E-state index contributed by atoms with van der Waals surface area (Å²) in [6.07, 6.45) is 3.43. The van der Waals surface area contributed by atoms with Gasteiger partial charge in [-0.2, -0.15) is 0 Å². The number of aryl methyl sites for hydroxylation is 1. The zero-order valence-corrected chi connectivity index (χ0v) is 7.94. The van der Waals surface area contributed by atoms with Crippen LogP contribution in [0.25, 0.3) is 11.0 Å². The summed E-state index contributed by atoms with van der Waals surface area (Å²) in [5.74, 6) is 0. The number of nitrogens with zero attached hydrogens (tertiary/aromatic N) is 2. The van der Waals surface area contributed by atoms with Crippen molar-refractivity contribution in [1.82, 2.24) is 9.97 Å². The molecule has 0 N–H and O–H groups in total. The van der Waals surface area contributed by atoms with Gasteiger partial charge in [0.25, 0.3) is 0 Å². The first-order chi connectivity index (χ1) is 5.77. The van der Waals surface area contributed by atoms with Crippen LogP contribution < -0.4 is 5.30 Å². The van der Waals surface area contributed by atoms with Crippen molar-refractivity contribution in [3.8, 4) is 0 Å². The molecule has 0 bridgehead atoms. The third-order valence-corrected chi connectivity index (χ3v) is 2.19. The number of aromatic nitrogens is 2. The minimum Gasteiger partial charge on any atom is -0.253 e. The fraction of sp³-hybridized carbons (Fsp3) is 0.111. The highest BCUT2D eigenvalue weighted by atomic mass is 31.0. The van der Waals surface area contributed by atoms with Crippen LogP contribution in [0.15, 0.2) is 24.5 Å². The Morgan fingerprint density at radius 2 is 1.92 bits per heavy atom. The smallest absolute Gasteiger partial charge is 0.0958 e. The van der Waals surface area contributed by atoms with Gasteiger partial charge in [-0.15, -0.1) is 9.24 Å². The molecular formula is C9H9N2P. The lowest BCUT2D eigenvalue weighted by Gasteiger charge is -2.00. The Balaban J connectivity index is 2.89. The Labute approximate surface area is 73.2 Å². The molecule has 2 aromatic rings. The van der Waals surface area contributed by atoms with Gasteiger partial charge in [-0.3, -0.25) is 9.97 Å². The van der Waals surface area contributed by atoms with Gasteiger partial charge in [0.2, 0.25) is 0 Å². The molecule has 0 aliphatic heterocycles. The second-order valence-electron chi connectivity index (χ2n) is 2.78. The van der Waals surface area contributed by atoms with E-state index in [1.165, 1.54) is 5.56 Å². The number of rotatable bonds is 0. The van der Waals surface area contributed by atoms with Crippen LogP contribution in [-0.4, -0.2) is 9.97 Å². The predicted octanol–water partition coefficient (Wildman–Crippen LogP) is 1.44. The highest BCUT2D eigenvalue weighted by molar-refractivity contribution is 7.28. The highest BCUT2D eigenvalue weighted by Crippen LogP contribution is 2.10. The lowest BCUT2D eigenvalue weighted by Crippen LogP contribution is -1.97. The van der Waals surface area contributed by atoms with Gasteiger partial charge in [0.15, 0.2) is 0 Å². The molecule has 60 valence electrons. The Kier molecular flexibility index (Phi) is 1.78. The van der Waals surface area contributed by atoms with Crippen molar-refractivity contribution < 1.29 is 0 Å². The SMILES string of the molecule is Cc1cc(P)c2nccnc2c1. The molecule has 0 saturated heterocycles. The average molecular weight is 176 g/mol. The molecule has 2 rings (SSSR count). The summed E-state index contributed by atoms with van der Waals surface area (Å²) in [4.78, 5) is 8.47. The van der Waals surface area contributed by atoms with Gasteiger partial charge in [-0.05, 0) is 29.9 Å². The van der Waals surface area contributed by atoms with Crippen LogP contribution in [0, 0.1) is 6.92 Å². The van der Waals surface area contributed by atoms with Crippen molar-refractivity contribution in [2.45, 2.75) is 6.92 Å². The van der Waals surface area contributed by atoms with Gasteiger partial charge in [0.1, 0.15) is 0 Å². The molecule has 3 heteroatoms. The minimum absolute atomic E-state index is 0.961. The molecular weight excluding hydrogens is 167 g/mol. The normalized spacial score (nSPS) is 10.5. The van der Waals surface area contributed by atoms with Gasteiger partial charge in [-0.25, -0.2) is 0 Å². The van der Waals surface area contributed by atoms with Crippen molar-refractivity contribution in [2.24, 2.45) is 0 Å². The van der Waals surface area contributed by atoms with Crippen LogP contribution in [0.4, 0.5) is 0 Å². The average Bonchev–Trinajstić information content (AvgIpc) is 2.04. The van der Waals surface area contributed by atoms with Crippen molar-refractivity contribution in [3.63, 3.8) is 0 Å². The summed E-state index contributed by atoms with van der Waals surface area (Å²) in [6, 6.07) is 4.12. The predicted molar refractivity (Wildman–Crippen MR) is 53.6 cm³/mol. The Hall–Kier alpha value is -1.01. The van der Waals surface area contributed by atoms with E-state index >= 15 is 0 Å². The van der Waals surface area contributed by atoms with Crippen LogP contribution in [0.2, 0.25) is 0 Å². The van der Waals surface area contributed by atoms with Crippen LogP contribution in [0.1, 0.15) is 5.56 Å². The molecule has 0 radical (unpaired) electrons. The largest absolute Gasteiger partial charge is 0.253 e. The van der Waals surface area contributed by atoms with Gasteiger partial charge in [0.05, 0.1) is 11.0 Å². The highest BCUT2D eigenvalue weighted by Gasteiger charge is 1.98. The Bertz CT molecular complexity index is 426. The number of hydrogen-bond acceptors (Lipinski definition) is 2. The monoisotopic (exact) mass is 176 g/mol. The van der Waals surface area contributed by atoms with E-state index in [-0.39, 0.29) is 0 Å². The zero-order valence-electron chi connectivity index (χ0n) is 6.78. The lowest BCUT2D eigenvalue weighted by atomic mass is 10.2. The van der Waals surface area contributed by atoms with Gasteiger partial charge < -0.3 is 0 Å². The van der Waals surface area contributed by atoms with Crippen molar-refractivity contribution in [1.29, 1.82) is 0 Å². The van der Waals surface area contributed by atoms with E-state index in [4.69, 9.17) is 0 Å². The summed E-state index contributed by atoms with van der Waals surface area (Å²) in [7, 11) is 2.68. The first kappa shape index (κ1) is 7.63. The fourth-order valence-corrected chi connectivity index (χ4v) is 1.73. The van der Waals surface area contributed by atoms with Gasteiger partial charge >= 0.3 is 0 Å². The standard InChI is InChI=1S/C9H9N2P/c1-6-4-7-9(8(12)5-6)11-3-2-10-7/h2-5H,12H2,1H3. The fourth-order valence-electron chi connectivity index (χ4n) is 1.25. The summed E-state index contributed by atoms with van der Waals surface area (Å²) in [6.45, 7) is 2.06. The topological polar surface area (TPSA) is 25.8 Å². The second-order valence-corrected chi connectivity index (χ2v) is 3.40. The zero-order chi connectivity index (χ0) is 8.55. The molecule has 1 aromatic heterocycles. The van der Waals surface area contributed by atoms with E-state index in [0.29, 0.717) is 0 Å². The molecule has 1 aromatic carbocycles. The van der Waals surface area contributed by atoms with E-state index in [9.17, 15) is 0 Å².